The molecule has 0 fully saturated rings. The van der Waals surface area contributed by atoms with Gasteiger partial charge in [0.05, 0.1) is 0 Å². The van der Waals surface area contributed by atoms with Gasteiger partial charge in [-0.1, -0.05) is 224 Å². The molecule has 0 aliphatic rings. The molecule has 0 spiro atoms. The lowest BCUT2D eigenvalue weighted by Crippen LogP contribution is -2.03. The summed E-state index contributed by atoms with van der Waals surface area (Å²) in [6, 6.07) is 94.2. The molecule has 2 heteroatoms. The van der Waals surface area contributed by atoms with E-state index in [9.17, 15) is 0 Å². The molecule has 69 heavy (non-hydrogen) atoms. The lowest BCUT2D eigenvalue weighted by Gasteiger charge is -2.20. The highest BCUT2D eigenvalue weighted by Crippen LogP contribution is 2.39. The van der Waals surface area contributed by atoms with Crippen LogP contribution in [0.15, 0.2) is 270 Å². The molecule has 13 rings (SSSR count). The highest BCUT2D eigenvalue weighted by molar-refractivity contribution is 6.07. The topological polar surface area (TPSA) is 26.3 Å². The summed E-state index contributed by atoms with van der Waals surface area (Å²) in [7, 11) is 0. The summed E-state index contributed by atoms with van der Waals surface area (Å²) in [5.41, 5.74) is 21.7. The molecule has 0 N–H and O–H groups in total. The molecule has 0 saturated carbocycles. The molecular weight excluding hydrogens is 837 g/mol. The first-order chi connectivity index (χ1) is 34.1. The first kappa shape index (κ1) is 40.3. The number of benzene rings is 11. The Hall–Kier alpha value is -8.98. The van der Waals surface area contributed by atoms with Crippen molar-refractivity contribution in [1.82, 2.24) is 0 Å². The van der Waals surface area contributed by atoms with Crippen molar-refractivity contribution >= 4 is 43.9 Å². The van der Waals surface area contributed by atoms with Gasteiger partial charge >= 0.3 is 0 Å². The minimum atomic E-state index is 0.0372. The summed E-state index contributed by atoms with van der Waals surface area (Å²) in [4.78, 5) is 0. The monoisotopic (exact) mass is 880 g/mol. The average molecular weight is 881 g/mol. The van der Waals surface area contributed by atoms with E-state index in [2.05, 4.69) is 237 Å². The van der Waals surface area contributed by atoms with E-state index in [-0.39, 0.29) is 5.92 Å². The smallest absolute Gasteiger partial charge is 0.135 e. The van der Waals surface area contributed by atoms with E-state index >= 15 is 0 Å². The van der Waals surface area contributed by atoms with E-state index in [4.69, 9.17) is 8.83 Å². The number of fused-ring (bicyclic) bond motifs is 6. The number of hydrogen-bond acceptors (Lipinski definition) is 2. The molecule has 0 aliphatic carbocycles. The molecule has 0 unspecified atom stereocenters. The maximum atomic E-state index is 6.10. The van der Waals surface area contributed by atoms with Crippen LogP contribution in [0.2, 0.25) is 0 Å². The van der Waals surface area contributed by atoms with Crippen molar-refractivity contribution in [2.75, 3.05) is 0 Å². The molecule has 2 heterocycles. The summed E-state index contributed by atoms with van der Waals surface area (Å²) in [5, 5.41) is 4.57. The second-order valence-electron chi connectivity index (χ2n) is 18.0. The standard InChI is InChI=1S/C67H44O2/c1-2-8-44(9-3-1)45-14-16-46(17-15-45)49-26-32-54(33-27-49)67(55-34-28-50(29-35-55)47-18-22-52(23-19-47)57-38-40-65-61(42-57)59-10-4-6-12-63(59)68-65)56-36-30-51(31-37-56)48-20-24-53(25-21-48)58-39-41-66-62(43-58)60-11-5-7-13-64(60)69-66/h1-43,67H. The SMILES string of the molecule is c1ccc(-c2ccc(-c3ccc(C(c4ccc(-c5ccc(-c6ccc7oc8ccccc8c7c6)cc5)cc4)c4ccc(-c5ccc(-c6ccc7oc8ccccc8c7c6)cc5)cc4)cc3)cc2)cc1. The summed E-state index contributed by atoms with van der Waals surface area (Å²) in [6.07, 6.45) is 0. The van der Waals surface area contributed by atoms with Gasteiger partial charge in [0.25, 0.3) is 0 Å². The Morgan fingerprint density at radius 3 is 0.783 bits per heavy atom. The van der Waals surface area contributed by atoms with Crippen molar-refractivity contribution in [2.45, 2.75) is 5.92 Å². The van der Waals surface area contributed by atoms with Crippen molar-refractivity contribution in [2.24, 2.45) is 0 Å². The molecule has 2 aromatic heterocycles. The van der Waals surface area contributed by atoms with Gasteiger partial charge in [-0.05, 0) is 120 Å². The summed E-state index contributed by atoms with van der Waals surface area (Å²) in [5.74, 6) is 0.0372. The fourth-order valence-corrected chi connectivity index (χ4v) is 10.2. The molecule has 0 atom stereocenters. The van der Waals surface area contributed by atoms with Crippen molar-refractivity contribution in [3.63, 3.8) is 0 Å². The minimum absolute atomic E-state index is 0.0372. The van der Waals surface area contributed by atoms with Gasteiger partial charge in [0, 0.05) is 27.5 Å². The third-order valence-electron chi connectivity index (χ3n) is 13.9. The van der Waals surface area contributed by atoms with E-state index < -0.39 is 0 Å². The fourth-order valence-electron chi connectivity index (χ4n) is 10.2. The Labute approximate surface area is 401 Å². The van der Waals surface area contributed by atoms with Gasteiger partial charge in [0.2, 0.25) is 0 Å². The van der Waals surface area contributed by atoms with E-state index in [0.29, 0.717) is 0 Å². The second kappa shape index (κ2) is 17.0. The third-order valence-corrected chi connectivity index (χ3v) is 13.9. The predicted octanol–water partition coefficient (Wildman–Crippen LogP) is 18.7. The Kier molecular flexibility index (Phi) is 9.95. The number of para-hydroxylation sites is 2. The third kappa shape index (κ3) is 7.59. The van der Waals surface area contributed by atoms with Gasteiger partial charge in [0.1, 0.15) is 22.3 Å². The van der Waals surface area contributed by atoms with Crippen LogP contribution < -0.4 is 0 Å². The van der Waals surface area contributed by atoms with Gasteiger partial charge in [-0.25, -0.2) is 0 Å². The number of rotatable bonds is 9. The van der Waals surface area contributed by atoms with Crippen LogP contribution >= 0.6 is 0 Å². The van der Waals surface area contributed by atoms with Gasteiger partial charge < -0.3 is 8.83 Å². The molecule has 0 saturated heterocycles. The fraction of sp³-hybridized carbons (Fsp3) is 0.0149. The maximum Gasteiger partial charge on any atom is 0.135 e. The number of hydrogen-bond donors (Lipinski definition) is 0. The highest BCUT2D eigenvalue weighted by Gasteiger charge is 2.19. The zero-order valence-electron chi connectivity index (χ0n) is 37.7. The van der Waals surface area contributed by atoms with Gasteiger partial charge in [-0.2, -0.15) is 0 Å². The largest absolute Gasteiger partial charge is 0.456 e. The molecular formula is C67H44O2. The Morgan fingerprint density at radius 2 is 0.435 bits per heavy atom. The molecule has 2 nitrogen and oxygen atoms in total. The quantitative estimate of drug-likeness (QED) is 0.135. The second-order valence-corrected chi connectivity index (χ2v) is 18.0. The Morgan fingerprint density at radius 1 is 0.188 bits per heavy atom. The van der Waals surface area contributed by atoms with Crippen molar-refractivity contribution in [3.05, 3.63) is 278 Å². The zero-order chi connectivity index (χ0) is 45.7. The Bertz CT molecular complexity index is 3730. The van der Waals surface area contributed by atoms with E-state index in [1.54, 1.807) is 0 Å². The lowest BCUT2D eigenvalue weighted by molar-refractivity contribution is 0.668. The first-order valence-electron chi connectivity index (χ1n) is 23.7. The van der Waals surface area contributed by atoms with Gasteiger partial charge in [-0.3, -0.25) is 0 Å². The van der Waals surface area contributed by atoms with Crippen LogP contribution in [0.5, 0.6) is 0 Å². The van der Waals surface area contributed by atoms with Crippen LogP contribution in [0, 0.1) is 0 Å². The van der Waals surface area contributed by atoms with E-state index in [0.717, 1.165) is 43.9 Å². The van der Waals surface area contributed by atoms with Crippen molar-refractivity contribution < 1.29 is 8.83 Å². The van der Waals surface area contributed by atoms with Gasteiger partial charge in [0.15, 0.2) is 0 Å². The molecule has 0 bridgehead atoms. The van der Waals surface area contributed by atoms with Crippen LogP contribution in [0.25, 0.3) is 111 Å². The predicted molar refractivity (Wildman–Crippen MR) is 287 cm³/mol. The normalized spacial score (nSPS) is 11.6. The van der Waals surface area contributed by atoms with E-state index in [1.807, 2.05) is 24.3 Å². The molecule has 11 aromatic carbocycles. The molecule has 0 radical (unpaired) electrons. The van der Waals surface area contributed by atoms with Crippen LogP contribution in [-0.4, -0.2) is 0 Å². The minimum Gasteiger partial charge on any atom is -0.456 e. The van der Waals surface area contributed by atoms with E-state index in [1.165, 1.54) is 83.5 Å². The van der Waals surface area contributed by atoms with Crippen LogP contribution in [-0.2, 0) is 0 Å². The molecule has 324 valence electrons. The van der Waals surface area contributed by atoms with Crippen molar-refractivity contribution in [3.8, 4) is 66.8 Å². The summed E-state index contributed by atoms with van der Waals surface area (Å²) < 4.78 is 12.2. The maximum absolute atomic E-state index is 6.10. The highest BCUT2D eigenvalue weighted by atomic mass is 16.3. The van der Waals surface area contributed by atoms with Crippen molar-refractivity contribution in [1.29, 1.82) is 0 Å². The Balaban J connectivity index is 0.794. The number of furan rings is 2. The lowest BCUT2D eigenvalue weighted by atomic mass is 9.83. The van der Waals surface area contributed by atoms with Crippen LogP contribution in [0.4, 0.5) is 0 Å². The first-order valence-corrected chi connectivity index (χ1v) is 23.7. The van der Waals surface area contributed by atoms with Crippen LogP contribution in [0.1, 0.15) is 22.6 Å². The summed E-state index contributed by atoms with van der Waals surface area (Å²) in [6.45, 7) is 0. The molecule has 0 amide bonds. The zero-order valence-corrected chi connectivity index (χ0v) is 37.7. The molecule has 13 aromatic rings. The average Bonchev–Trinajstić information content (AvgIpc) is 4.00. The molecule has 0 aliphatic heterocycles. The summed E-state index contributed by atoms with van der Waals surface area (Å²) >= 11 is 0. The van der Waals surface area contributed by atoms with Gasteiger partial charge in [-0.15, -0.1) is 0 Å². The van der Waals surface area contributed by atoms with Crippen LogP contribution in [0.3, 0.4) is 0 Å².